The highest BCUT2D eigenvalue weighted by Crippen LogP contribution is 2.16. The van der Waals surface area contributed by atoms with Crippen molar-refractivity contribution in [1.29, 1.82) is 0 Å². The highest BCUT2D eigenvalue weighted by Gasteiger charge is 2.26. The van der Waals surface area contributed by atoms with Gasteiger partial charge in [-0.25, -0.2) is 4.79 Å². The van der Waals surface area contributed by atoms with Crippen LogP contribution in [0.4, 0.5) is 0 Å². The number of benzene rings is 2. The average molecular weight is 341 g/mol. The fourth-order valence-corrected chi connectivity index (χ4v) is 2.70. The Morgan fingerprint density at radius 3 is 2.42 bits per heavy atom. The number of hydrogen-bond acceptors (Lipinski definition) is 3. The molecule has 0 radical (unpaired) electrons. The van der Waals surface area contributed by atoms with Crippen molar-refractivity contribution in [3.63, 3.8) is 0 Å². The number of carbonyl (C=O) groups excluding carboxylic acids is 2. The molecule has 5 heteroatoms. The smallest absolute Gasteiger partial charge is 0.405 e. The third-order valence-corrected chi connectivity index (χ3v) is 3.83. The van der Waals surface area contributed by atoms with Crippen LogP contribution in [0.1, 0.15) is 20.8 Å². The summed E-state index contributed by atoms with van der Waals surface area (Å²) in [5.74, 6) is -0.640. The van der Waals surface area contributed by atoms with Gasteiger partial charge in [-0.15, -0.1) is 0 Å². The van der Waals surface area contributed by atoms with Gasteiger partial charge in [0.15, 0.2) is 12.3 Å². The minimum Gasteiger partial charge on any atom is -0.441 e. The van der Waals surface area contributed by atoms with Gasteiger partial charge in [0.1, 0.15) is 0 Å². The molecule has 0 N–H and O–H groups in total. The van der Waals surface area contributed by atoms with Crippen molar-refractivity contribution in [2.75, 3.05) is 6.07 Å². The minimum absolute atomic E-state index is 0.0432. The van der Waals surface area contributed by atoms with E-state index in [2.05, 4.69) is 0 Å². The zero-order valence-corrected chi connectivity index (χ0v) is 13.6. The number of aromatic nitrogens is 1. The Labute approximate surface area is 144 Å². The summed E-state index contributed by atoms with van der Waals surface area (Å²) in [6.45, 7) is 0.0432. The van der Waals surface area contributed by atoms with Crippen LogP contribution in [0.5, 0.6) is 0 Å². The number of esters is 1. The summed E-state index contributed by atoms with van der Waals surface area (Å²) < 4.78 is 6.56. The summed E-state index contributed by atoms with van der Waals surface area (Å²) >= 11 is 5.53. The minimum atomic E-state index is -0.553. The predicted octanol–water partition coefficient (Wildman–Crippen LogP) is 3.36. The summed E-state index contributed by atoms with van der Waals surface area (Å²) in [5, 5.41) is 1.61. The highest BCUT2D eigenvalue weighted by molar-refractivity contribution is 6.18. The zero-order valence-electron chi connectivity index (χ0n) is 12.8. The molecular weight excluding hydrogens is 326 g/mol. The molecule has 1 aromatic heterocycles. The number of halogens is 1. The maximum absolute atomic E-state index is 12.5. The summed E-state index contributed by atoms with van der Waals surface area (Å²) in [6, 6.07) is 18.0. The molecular formula is C19H15ClNO3+. The second kappa shape index (κ2) is 7.23. The maximum atomic E-state index is 12.5. The van der Waals surface area contributed by atoms with Crippen molar-refractivity contribution in [3.05, 3.63) is 78.1 Å². The van der Waals surface area contributed by atoms with E-state index in [9.17, 15) is 9.59 Å². The summed E-state index contributed by atoms with van der Waals surface area (Å²) in [4.78, 5) is 24.8. The van der Waals surface area contributed by atoms with Gasteiger partial charge >= 0.3 is 5.97 Å². The van der Waals surface area contributed by atoms with E-state index in [1.165, 1.54) is 0 Å². The molecule has 0 aliphatic heterocycles. The first-order valence-electron chi connectivity index (χ1n) is 7.43. The van der Waals surface area contributed by atoms with Crippen LogP contribution >= 0.6 is 11.6 Å². The van der Waals surface area contributed by atoms with Crippen LogP contribution in [0.25, 0.3) is 10.8 Å². The first-order valence-corrected chi connectivity index (χ1v) is 7.96. The van der Waals surface area contributed by atoms with Crippen molar-refractivity contribution in [2.45, 2.75) is 6.54 Å². The molecule has 120 valence electrons. The second-order valence-corrected chi connectivity index (χ2v) is 5.43. The number of Topliss-reactive ketones (excluding diaryl/α,β-unsaturated/α-hetero) is 1. The Bertz CT molecular complexity index is 894. The third-order valence-electron chi connectivity index (χ3n) is 3.73. The average Bonchev–Trinajstić information content (AvgIpc) is 2.62. The van der Waals surface area contributed by atoms with Crippen LogP contribution in [0, 0.1) is 0 Å². The number of alkyl halides is 1. The summed E-state index contributed by atoms with van der Waals surface area (Å²) in [6.07, 6.45) is 1.72. The molecule has 1 heterocycles. The van der Waals surface area contributed by atoms with Crippen molar-refractivity contribution in [2.24, 2.45) is 0 Å². The van der Waals surface area contributed by atoms with Crippen LogP contribution < -0.4 is 4.57 Å². The molecule has 0 bridgehead atoms. The van der Waals surface area contributed by atoms with E-state index in [4.69, 9.17) is 16.3 Å². The van der Waals surface area contributed by atoms with Crippen LogP contribution in [0.15, 0.2) is 66.9 Å². The Balaban J connectivity index is 2.05. The highest BCUT2D eigenvalue weighted by atomic mass is 35.5. The van der Waals surface area contributed by atoms with E-state index in [0.29, 0.717) is 11.3 Å². The van der Waals surface area contributed by atoms with Crippen LogP contribution in [0.3, 0.4) is 0 Å². The van der Waals surface area contributed by atoms with Gasteiger partial charge < -0.3 is 4.74 Å². The standard InChI is InChI=1S/C19H15ClNO3/c20-13-24-19(23)18-16-9-5-4-6-14(16)10-11-21(18)12-17(22)15-7-2-1-3-8-15/h1-11H,12-13H2/q+1. The van der Waals surface area contributed by atoms with E-state index < -0.39 is 5.97 Å². The van der Waals surface area contributed by atoms with Gasteiger partial charge in [0.2, 0.25) is 12.3 Å². The zero-order chi connectivity index (χ0) is 16.9. The first-order chi connectivity index (χ1) is 11.7. The number of pyridine rings is 1. The van der Waals surface area contributed by atoms with Gasteiger partial charge in [0, 0.05) is 11.6 Å². The van der Waals surface area contributed by atoms with Crippen LogP contribution in [0.2, 0.25) is 0 Å². The third kappa shape index (κ3) is 3.29. The monoisotopic (exact) mass is 340 g/mol. The van der Waals surface area contributed by atoms with Crippen LogP contribution in [-0.4, -0.2) is 17.8 Å². The predicted molar refractivity (Wildman–Crippen MR) is 91.1 cm³/mol. The molecule has 3 rings (SSSR count). The number of carbonyl (C=O) groups is 2. The lowest BCUT2D eigenvalue weighted by Gasteiger charge is -2.06. The normalized spacial score (nSPS) is 10.5. The van der Waals surface area contributed by atoms with Gasteiger partial charge in [-0.3, -0.25) is 4.79 Å². The summed E-state index contributed by atoms with van der Waals surface area (Å²) in [5.41, 5.74) is 0.910. The lowest BCUT2D eigenvalue weighted by Crippen LogP contribution is -2.44. The molecule has 0 fully saturated rings. The topological polar surface area (TPSA) is 47.2 Å². The maximum Gasteiger partial charge on any atom is 0.405 e. The van der Waals surface area contributed by atoms with Crippen molar-refractivity contribution in [3.8, 4) is 0 Å². The number of hydrogen-bond donors (Lipinski definition) is 0. The molecule has 24 heavy (non-hydrogen) atoms. The number of ether oxygens (including phenoxy) is 1. The van der Waals surface area contributed by atoms with E-state index in [-0.39, 0.29) is 18.4 Å². The Kier molecular flexibility index (Phi) is 4.87. The second-order valence-electron chi connectivity index (χ2n) is 5.21. The molecule has 0 aliphatic carbocycles. The fourth-order valence-electron chi connectivity index (χ4n) is 2.60. The van der Waals surface area contributed by atoms with E-state index in [0.717, 1.165) is 10.8 Å². The fraction of sp³-hybridized carbons (Fsp3) is 0.105. The number of nitrogens with zero attached hydrogens (tertiary/aromatic N) is 1. The Morgan fingerprint density at radius 2 is 1.67 bits per heavy atom. The molecule has 3 aromatic rings. The van der Waals surface area contributed by atoms with E-state index in [1.54, 1.807) is 35.0 Å². The van der Waals surface area contributed by atoms with E-state index >= 15 is 0 Å². The first kappa shape index (κ1) is 16.1. The molecule has 0 atom stereocenters. The number of rotatable bonds is 5. The molecule has 0 aliphatic rings. The molecule has 0 spiro atoms. The lowest BCUT2D eigenvalue weighted by atomic mass is 10.1. The Morgan fingerprint density at radius 1 is 0.958 bits per heavy atom. The molecule has 0 saturated carbocycles. The largest absolute Gasteiger partial charge is 0.441 e. The molecule has 0 unspecified atom stereocenters. The van der Waals surface area contributed by atoms with Gasteiger partial charge in [0.05, 0.1) is 5.39 Å². The molecule has 4 nitrogen and oxygen atoms in total. The van der Waals surface area contributed by atoms with Crippen molar-refractivity contribution < 1.29 is 18.9 Å². The lowest BCUT2D eigenvalue weighted by molar-refractivity contribution is -0.684. The van der Waals surface area contributed by atoms with E-state index in [1.807, 2.05) is 36.4 Å². The van der Waals surface area contributed by atoms with Gasteiger partial charge in [-0.2, -0.15) is 4.57 Å². The number of ketones is 1. The van der Waals surface area contributed by atoms with Gasteiger partial charge in [-0.1, -0.05) is 60.1 Å². The summed E-state index contributed by atoms with van der Waals surface area (Å²) in [7, 11) is 0. The van der Waals surface area contributed by atoms with Crippen molar-refractivity contribution in [1.82, 2.24) is 0 Å². The molecule has 0 amide bonds. The quantitative estimate of drug-likeness (QED) is 0.310. The molecule has 2 aromatic carbocycles. The van der Waals surface area contributed by atoms with Crippen molar-refractivity contribution >= 4 is 34.1 Å². The number of fused-ring (bicyclic) bond motifs is 1. The SMILES string of the molecule is O=C(C[n+]1ccc2ccccc2c1C(=O)OCCl)c1ccccc1. The van der Waals surface area contributed by atoms with Gasteiger partial charge in [-0.05, 0) is 11.5 Å². The molecule has 0 saturated heterocycles. The van der Waals surface area contributed by atoms with Crippen LogP contribution in [-0.2, 0) is 11.3 Å². The Hall–Kier alpha value is -2.72. The van der Waals surface area contributed by atoms with Gasteiger partial charge in [0.25, 0.3) is 5.69 Å².